The normalized spacial score (nSPS) is 14.5. The van der Waals surface area contributed by atoms with Gasteiger partial charge in [0.25, 0.3) is 5.91 Å². The number of hydrogen-bond acceptors (Lipinski definition) is 4. The number of aryl methyl sites for hydroxylation is 1. The van der Waals surface area contributed by atoms with E-state index in [-0.39, 0.29) is 24.4 Å². The molecule has 0 saturated carbocycles. The number of thiophene rings is 1. The number of carbonyl (C=O) groups is 2. The second kappa shape index (κ2) is 6.32. The number of ether oxygens (including phenoxy) is 1. The van der Waals surface area contributed by atoms with Crippen molar-refractivity contribution in [2.24, 2.45) is 5.92 Å². The number of rotatable bonds is 4. The van der Waals surface area contributed by atoms with Crippen LogP contribution in [0, 0.1) is 12.8 Å². The van der Waals surface area contributed by atoms with Gasteiger partial charge in [-0.3, -0.25) is 9.59 Å². The molecule has 0 atom stereocenters. The average molecular weight is 315 g/mol. The minimum atomic E-state index is -0.226. The molecule has 2 heterocycles. The van der Waals surface area contributed by atoms with Gasteiger partial charge in [0, 0.05) is 13.1 Å². The van der Waals surface area contributed by atoms with Gasteiger partial charge in [-0.1, -0.05) is 30.3 Å². The smallest absolute Gasteiger partial charge is 0.312 e. The summed E-state index contributed by atoms with van der Waals surface area (Å²) in [6.45, 7) is 3.11. The molecule has 0 bridgehead atoms. The minimum Gasteiger partial charge on any atom is -0.460 e. The summed E-state index contributed by atoms with van der Waals surface area (Å²) in [5.41, 5.74) is 1.96. The predicted molar refractivity (Wildman–Crippen MR) is 84.7 cm³/mol. The van der Waals surface area contributed by atoms with Crippen molar-refractivity contribution in [1.82, 2.24) is 4.90 Å². The zero-order valence-corrected chi connectivity index (χ0v) is 13.1. The first-order valence-electron chi connectivity index (χ1n) is 7.19. The molecule has 4 nitrogen and oxygen atoms in total. The second-order valence-corrected chi connectivity index (χ2v) is 6.35. The van der Waals surface area contributed by atoms with Gasteiger partial charge in [0.2, 0.25) is 0 Å². The highest BCUT2D eigenvalue weighted by molar-refractivity contribution is 7.12. The number of benzene rings is 1. The van der Waals surface area contributed by atoms with Crippen molar-refractivity contribution < 1.29 is 14.3 Å². The highest BCUT2D eigenvalue weighted by Gasteiger charge is 2.37. The molecule has 0 aliphatic carbocycles. The van der Waals surface area contributed by atoms with Crippen molar-refractivity contribution in [2.75, 3.05) is 13.1 Å². The third-order valence-electron chi connectivity index (χ3n) is 3.78. The zero-order valence-electron chi connectivity index (χ0n) is 12.3. The topological polar surface area (TPSA) is 46.6 Å². The molecule has 1 fully saturated rings. The summed E-state index contributed by atoms with van der Waals surface area (Å²) < 4.78 is 5.30. The quantitative estimate of drug-likeness (QED) is 0.815. The number of esters is 1. The number of likely N-dealkylation sites (tertiary alicyclic amines) is 1. The number of amides is 1. The fraction of sp³-hybridized carbons (Fsp3) is 0.294. The van der Waals surface area contributed by atoms with Crippen LogP contribution in [-0.2, 0) is 16.1 Å². The summed E-state index contributed by atoms with van der Waals surface area (Å²) in [7, 11) is 0. The summed E-state index contributed by atoms with van der Waals surface area (Å²) >= 11 is 1.45. The second-order valence-electron chi connectivity index (χ2n) is 5.43. The van der Waals surface area contributed by atoms with Crippen molar-refractivity contribution in [1.29, 1.82) is 0 Å². The van der Waals surface area contributed by atoms with Crippen LogP contribution in [0.4, 0.5) is 0 Å². The summed E-state index contributed by atoms with van der Waals surface area (Å²) in [6.07, 6.45) is 0. The van der Waals surface area contributed by atoms with Gasteiger partial charge in [0.05, 0.1) is 10.8 Å². The van der Waals surface area contributed by atoms with Gasteiger partial charge in [-0.15, -0.1) is 11.3 Å². The van der Waals surface area contributed by atoms with Crippen molar-refractivity contribution in [3.05, 3.63) is 57.8 Å². The van der Waals surface area contributed by atoms with Crippen molar-refractivity contribution >= 4 is 23.2 Å². The number of carbonyl (C=O) groups excluding carboxylic acids is 2. The standard InChI is InChI=1S/C17H17NO3S/c1-12-7-8-22-15(12)16(19)18-9-14(10-18)17(20)21-11-13-5-3-2-4-6-13/h2-8,14H,9-11H2,1H3. The Bertz CT molecular complexity index is 674. The monoisotopic (exact) mass is 315 g/mol. The third kappa shape index (κ3) is 3.04. The Labute approximate surface area is 133 Å². The van der Waals surface area contributed by atoms with Crippen LogP contribution in [0.2, 0.25) is 0 Å². The Hall–Kier alpha value is -2.14. The maximum atomic E-state index is 12.2. The fourth-order valence-corrected chi connectivity index (χ4v) is 3.27. The maximum Gasteiger partial charge on any atom is 0.312 e. The molecule has 0 unspecified atom stereocenters. The van der Waals surface area contributed by atoms with Gasteiger partial charge < -0.3 is 9.64 Å². The summed E-state index contributed by atoms with van der Waals surface area (Å²) in [5, 5.41) is 1.91. The van der Waals surface area contributed by atoms with E-state index in [0.29, 0.717) is 13.1 Å². The van der Waals surface area contributed by atoms with E-state index in [1.54, 1.807) is 4.90 Å². The molecule has 114 valence electrons. The number of nitrogens with zero attached hydrogens (tertiary/aromatic N) is 1. The molecule has 0 spiro atoms. The Morgan fingerprint density at radius 1 is 1.23 bits per heavy atom. The van der Waals surface area contributed by atoms with Gasteiger partial charge in [-0.25, -0.2) is 0 Å². The van der Waals surface area contributed by atoms with Crippen LogP contribution >= 0.6 is 11.3 Å². The van der Waals surface area contributed by atoms with E-state index in [0.717, 1.165) is 16.0 Å². The predicted octanol–water partition coefficient (Wildman–Crippen LogP) is 2.87. The Morgan fingerprint density at radius 2 is 1.95 bits per heavy atom. The molecule has 1 aliphatic rings. The number of hydrogen-bond donors (Lipinski definition) is 0. The first-order valence-corrected chi connectivity index (χ1v) is 8.07. The van der Waals surface area contributed by atoms with Crippen LogP contribution in [0.3, 0.4) is 0 Å². The average Bonchev–Trinajstić information content (AvgIpc) is 2.90. The summed E-state index contributed by atoms with van der Waals surface area (Å²) in [5.74, 6) is -0.414. The molecule has 1 saturated heterocycles. The maximum absolute atomic E-state index is 12.2. The van der Waals surface area contributed by atoms with E-state index in [1.807, 2.05) is 48.7 Å². The molecule has 2 aromatic rings. The first-order chi connectivity index (χ1) is 10.6. The lowest BCUT2D eigenvalue weighted by molar-refractivity contribution is -0.154. The Kier molecular flexibility index (Phi) is 4.24. The molecule has 1 aromatic heterocycles. The van der Waals surface area contributed by atoms with Crippen LogP contribution in [0.1, 0.15) is 20.8 Å². The van der Waals surface area contributed by atoms with Gasteiger partial charge in [-0.05, 0) is 29.5 Å². The van der Waals surface area contributed by atoms with Gasteiger partial charge >= 0.3 is 5.97 Å². The van der Waals surface area contributed by atoms with E-state index in [9.17, 15) is 9.59 Å². The lowest BCUT2D eigenvalue weighted by Gasteiger charge is -2.37. The molecular weight excluding hydrogens is 298 g/mol. The Morgan fingerprint density at radius 3 is 2.59 bits per heavy atom. The molecule has 1 amide bonds. The van der Waals surface area contributed by atoms with Crippen LogP contribution in [0.15, 0.2) is 41.8 Å². The lowest BCUT2D eigenvalue weighted by Crippen LogP contribution is -2.53. The molecule has 3 rings (SSSR count). The van der Waals surface area contributed by atoms with E-state index in [2.05, 4.69) is 0 Å². The van der Waals surface area contributed by atoms with Crippen LogP contribution < -0.4 is 0 Å². The van der Waals surface area contributed by atoms with Crippen molar-refractivity contribution in [3.8, 4) is 0 Å². The first kappa shape index (κ1) is 14.8. The zero-order chi connectivity index (χ0) is 15.5. The van der Waals surface area contributed by atoms with E-state index >= 15 is 0 Å². The SMILES string of the molecule is Cc1ccsc1C(=O)N1CC(C(=O)OCc2ccccc2)C1. The molecule has 0 radical (unpaired) electrons. The highest BCUT2D eigenvalue weighted by atomic mass is 32.1. The summed E-state index contributed by atoms with van der Waals surface area (Å²) in [6, 6.07) is 11.5. The lowest BCUT2D eigenvalue weighted by atomic mass is 10.00. The third-order valence-corrected chi connectivity index (χ3v) is 4.79. The molecule has 0 N–H and O–H groups in total. The van der Waals surface area contributed by atoms with Crippen LogP contribution in [-0.4, -0.2) is 29.9 Å². The molecule has 5 heteroatoms. The van der Waals surface area contributed by atoms with E-state index in [4.69, 9.17) is 4.74 Å². The molecule has 22 heavy (non-hydrogen) atoms. The molecular formula is C17H17NO3S. The highest BCUT2D eigenvalue weighted by Crippen LogP contribution is 2.24. The fourth-order valence-electron chi connectivity index (χ4n) is 2.38. The van der Waals surface area contributed by atoms with Crippen LogP contribution in [0.5, 0.6) is 0 Å². The molecule has 1 aliphatic heterocycles. The van der Waals surface area contributed by atoms with Gasteiger partial charge in [-0.2, -0.15) is 0 Å². The molecule has 1 aromatic carbocycles. The van der Waals surface area contributed by atoms with Crippen LogP contribution in [0.25, 0.3) is 0 Å². The van der Waals surface area contributed by atoms with Crippen molar-refractivity contribution in [3.63, 3.8) is 0 Å². The van der Waals surface area contributed by atoms with E-state index < -0.39 is 0 Å². The van der Waals surface area contributed by atoms with Crippen molar-refractivity contribution in [2.45, 2.75) is 13.5 Å². The van der Waals surface area contributed by atoms with Gasteiger partial charge in [0.1, 0.15) is 6.61 Å². The summed E-state index contributed by atoms with van der Waals surface area (Å²) in [4.78, 5) is 26.7. The largest absolute Gasteiger partial charge is 0.460 e. The van der Waals surface area contributed by atoms with Gasteiger partial charge in [0.15, 0.2) is 0 Å². The Balaban J connectivity index is 1.48. The van der Waals surface area contributed by atoms with E-state index in [1.165, 1.54) is 11.3 Å². The minimum absolute atomic E-state index is 0.0135.